The summed E-state index contributed by atoms with van der Waals surface area (Å²) in [6.45, 7) is -3.72. The van der Waals surface area contributed by atoms with Gasteiger partial charge in [0.05, 0.1) is 43.1 Å². The number of hydrogen-bond donors (Lipinski definition) is 1. The fourth-order valence-electron chi connectivity index (χ4n) is 3.03. The molecule has 248 valence electrons. The lowest BCUT2D eigenvalue weighted by molar-refractivity contribution is -0.432. The van der Waals surface area contributed by atoms with Gasteiger partial charge in [-0.2, -0.15) is 52.7 Å². The van der Waals surface area contributed by atoms with Crippen LogP contribution in [0.5, 0.6) is 0 Å². The summed E-state index contributed by atoms with van der Waals surface area (Å²) >= 11 is 0.00131. The molecule has 1 fully saturated rings. The molecule has 1 aliphatic carbocycles. The van der Waals surface area contributed by atoms with Gasteiger partial charge in [0.15, 0.2) is 0 Å². The third-order valence-corrected chi connectivity index (χ3v) is 6.68. The molecule has 42 heavy (non-hydrogen) atoms. The van der Waals surface area contributed by atoms with E-state index >= 15 is 0 Å². The highest BCUT2D eigenvalue weighted by atomic mass is 32.2. The van der Waals surface area contributed by atoms with Gasteiger partial charge in [0, 0.05) is 12.0 Å². The molecule has 2 atom stereocenters. The molecule has 0 aromatic rings. The number of hydrogen-bond acceptors (Lipinski definition) is 8. The molecule has 0 amide bonds. The quantitative estimate of drug-likeness (QED) is 0.0584. The zero-order valence-electron chi connectivity index (χ0n) is 19.8. The molecule has 0 aromatic heterocycles. The maximum atomic E-state index is 13.6. The van der Waals surface area contributed by atoms with Gasteiger partial charge in [0.2, 0.25) is 0 Å². The van der Waals surface area contributed by atoms with Crippen molar-refractivity contribution in [3.05, 3.63) is 0 Å². The van der Waals surface area contributed by atoms with Crippen LogP contribution in [0.1, 0.15) is 25.7 Å². The summed E-state index contributed by atoms with van der Waals surface area (Å²) in [5.74, 6) is -41.7. The summed E-state index contributed by atoms with van der Waals surface area (Å²) in [7, 11) is 0. The smallest absolute Gasteiger partial charge is 0.377 e. The Bertz CT molecular complexity index is 951. The first kappa shape index (κ1) is 38.1. The van der Waals surface area contributed by atoms with Crippen LogP contribution >= 0.6 is 12.0 Å². The third kappa shape index (κ3) is 7.39. The van der Waals surface area contributed by atoms with Crippen molar-refractivity contribution < 1.29 is 104 Å². The van der Waals surface area contributed by atoms with Crippen molar-refractivity contribution >= 4 is 24.0 Å². The highest BCUT2D eigenvalue weighted by molar-refractivity contribution is 7.95. The molecule has 0 aliphatic heterocycles. The minimum absolute atomic E-state index is 0.00131. The summed E-state index contributed by atoms with van der Waals surface area (Å²) < 4.78 is 220. The predicted molar refractivity (Wildman–Crippen MR) is 101 cm³/mol. The first-order valence-corrected chi connectivity index (χ1v) is 11.4. The van der Waals surface area contributed by atoms with Crippen LogP contribution in [-0.4, -0.2) is 84.0 Å². The lowest BCUT2D eigenvalue weighted by Crippen LogP contribution is -2.57. The first-order chi connectivity index (χ1) is 18.8. The first-order valence-electron chi connectivity index (χ1n) is 10.6. The Hall–Kier alpha value is -1.95. The Morgan fingerprint density at radius 2 is 1.17 bits per heavy atom. The van der Waals surface area contributed by atoms with Gasteiger partial charge in [0.25, 0.3) is 0 Å². The molecule has 0 spiro atoms. The van der Waals surface area contributed by atoms with Crippen LogP contribution in [0.4, 0.5) is 70.2 Å². The van der Waals surface area contributed by atoms with Gasteiger partial charge in [-0.15, -0.1) is 4.33 Å². The second-order valence-electron chi connectivity index (χ2n) is 8.53. The number of esters is 2. The monoisotopic (exact) mass is 680 g/mol. The normalized spacial score (nSPS) is 20.7. The Kier molecular flexibility index (Phi) is 11.7. The van der Waals surface area contributed by atoms with Gasteiger partial charge >= 0.3 is 60.3 Å². The van der Waals surface area contributed by atoms with E-state index in [1.807, 2.05) is 0 Å². The van der Waals surface area contributed by atoms with E-state index in [1.165, 1.54) is 0 Å². The number of rotatable bonds is 18. The van der Waals surface area contributed by atoms with E-state index in [0.29, 0.717) is 0 Å². The minimum atomic E-state index is -6.65. The van der Waals surface area contributed by atoms with Crippen LogP contribution in [0.25, 0.3) is 0 Å². The summed E-state index contributed by atoms with van der Waals surface area (Å²) in [6, 6.07) is 0. The van der Waals surface area contributed by atoms with Crippen molar-refractivity contribution in [1.82, 2.24) is 0 Å². The van der Waals surface area contributed by atoms with Crippen LogP contribution in [0.3, 0.4) is 0 Å². The molecular formula is C18H16F16O7S. The molecule has 0 aromatic carbocycles. The van der Waals surface area contributed by atoms with Crippen molar-refractivity contribution in [2.45, 2.75) is 79.3 Å². The van der Waals surface area contributed by atoms with E-state index in [1.54, 1.807) is 0 Å². The lowest BCUT2D eigenvalue weighted by atomic mass is 10.0. The molecule has 24 heteroatoms. The van der Waals surface area contributed by atoms with Gasteiger partial charge in [-0.25, -0.2) is 22.8 Å². The van der Waals surface area contributed by atoms with Gasteiger partial charge in [0.1, 0.15) is 0 Å². The molecule has 0 heterocycles. The van der Waals surface area contributed by atoms with E-state index in [0.717, 1.165) is 0 Å². The molecule has 0 saturated heterocycles. The summed E-state index contributed by atoms with van der Waals surface area (Å²) in [4.78, 5) is 24.3. The molecule has 0 radical (unpaired) electrons. The van der Waals surface area contributed by atoms with Gasteiger partial charge in [-0.1, -0.05) is 5.04 Å². The largest absolute Gasteiger partial charge is 0.465 e. The van der Waals surface area contributed by atoms with E-state index in [9.17, 15) is 79.8 Å². The maximum Gasteiger partial charge on any atom is 0.377 e. The maximum absolute atomic E-state index is 13.6. The Morgan fingerprint density at radius 3 is 1.55 bits per heavy atom. The standard InChI is InChI=1S/C18H16F16O7S/c19-9(20)15(27,28)17(31,32)13(23,24)1-3-38-8(35)6-12(5-7(12)42-41-40-37)11(36)39-4-2-14(25,26)18(33,34)16(29,30)10(21)22/h7,9-10,37H,1-6H2. The van der Waals surface area contributed by atoms with E-state index in [2.05, 4.69) is 18.8 Å². The average molecular weight is 680 g/mol. The summed E-state index contributed by atoms with van der Waals surface area (Å²) in [5, 5.41) is 9.93. The van der Waals surface area contributed by atoms with Crippen LogP contribution in [0.15, 0.2) is 0 Å². The molecule has 7 nitrogen and oxygen atoms in total. The molecule has 1 saturated carbocycles. The SMILES string of the molecule is O=C(CC1(C(=O)OCCC(F)(F)C(F)(F)C(F)(F)C(F)F)CC1SOOO)OCCC(F)(F)C(F)(F)C(F)(F)C(F)F. The van der Waals surface area contributed by atoms with Gasteiger partial charge in [-0.05, 0) is 6.42 Å². The molecule has 1 rings (SSSR count). The van der Waals surface area contributed by atoms with Crippen molar-refractivity contribution in [2.75, 3.05) is 13.2 Å². The second kappa shape index (κ2) is 13.0. The zero-order chi connectivity index (χ0) is 33.2. The highest BCUT2D eigenvalue weighted by Gasteiger charge is 2.76. The van der Waals surface area contributed by atoms with Gasteiger partial charge in [-0.3, -0.25) is 9.59 Å². The molecule has 1 aliphatic rings. The third-order valence-electron chi connectivity index (χ3n) is 5.69. The number of carbonyl (C=O) groups excluding carboxylic acids is 2. The number of ether oxygens (including phenoxy) is 2. The molecular weight excluding hydrogens is 664 g/mol. The fraction of sp³-hybridized carbons (Fsp3) is 0.889. The minimum Gasteiger partial charge on any atom is -0.465 e. The van der Waals surface area contributed by atoms with Crippen LogP contribution in [-0.2, 0) is 28.4 Å². The van der Waals surface area contributed by atoms with Crippen molar-refractivity contribution in [1.29, 1.82) is 0 Å². The Labute approximate surface area is 226 Å². The summed E-state index contributed by atoms with van der Waals surface area (Å²) in [6.07, 6.45) is -17.4. The Morgan fingerprint density at radius 1 is 0.762 bits per heavy atom. The zero-order valence-corrected chi connectivity index (χ0v) is 20.6. The van der Waals surface area contributed by atoms with Crippen molar-refractivity contribution in [2.24, 2.45) is 5.41 Å². The topological polar surface area (TPSA) is 91.3 Å². The van der Waals surface area contributed by atoms with E-state index < -0.39 is 110 Å². The highest BCUT2D eigenvalue weighted by Crippen LogP contribution is 2.58. The predicted octanol–water partition coefficient (Wildman–Crippen LogP) is 6.41. The van der Waals surface area contributed by atoms with E-state index in [-0.39, 0.29) is 12.0 Å². The second-order valence-corrected chi connectivity index (χ2v) is 9.42. The van der Waals surface area contributed by atoms with Crippen molar-refractivity contribution in [3.8, 4) is 0 Å². The number of carbonyl (C=O) groups is 2. The van der Waals surface area contributed by atoms with Crippen LogP contribution in [0, 0.1) is 5.41 Å². The lowest BCUT2D eigenvalue weighted by Gasteiger charge is -2.32. The van der Waals surface area contributed by atoms with Crippen molar-refractivity contribution in [3.63, 3.8) is 0 Å². The molecule has 2 unspecified atom stereocenters. The van der Waals surface area contributed by atoms with Crippen LogP contribution in [0.2, 0.25) is 0 Å². The number of halogens is 16. The summed E-state index contributed by atoms with van der Waals surface area (Å²) in [5.41, 5.74) is -2.32. The van der Waals surface area contributed by atoms with Crippen LogP contribution < -0.4 is 0 Å². The molecule has 1 N–H and O–H groups in total. The number of alkyl halides is 16. The fourth-order valence-corrected chi connectivity index (χ4v) is 3.89. The molecule has 0 bridgehead atoms. The van der Waals surface area contributed by atoms with Gasteiger partial charge < -0.3 is 9.47 Å². The average Bonchev–Trinajstić information content (AvgIpc) is 3.54. The van der Waals surface area contributed by atoms with E-state index in [4.69, 9.17) is 5.26 Å². The Balaban J connectivity index is 2.89.